The lowest BCUT2D eigenvalue weighted by atomic mass is 9.85. The molecule has 0 radical (unpaired) electrons. The van der Waals surface area contributed by atoms with Gasteiger partial charge in [0, 0.05) is 17.7 Å². The summed E-state index contributed by atoms with van der Waals surface area (Å²) in [6.07, 6.45) is 4.17. The third kappa shape index (κ3) is 2.56. The first kappa shape index (κ1) is 17.0. The van der Waals surface area contributed by atoms with Crippen LogP contribution in [0, 0.1) is 0 Å². The van der Waals surface area contributed by atoms with Crippen LogP contribution in [-0.4, -0.2) is 23.3 Å². The molecule has 0 saturated heterocycles. The number of aryl methyl sites for hydroxylation is 2. The molecule has 2 aromatic rings. The van der Waals surface area contributed by atoms with E-state index in [1.807, 2.05) is 37.3 Å². The van der Waals surface area contributed by atoms with E-state index >= 15 is 0 Å². The lowest BCUT2D eigenvalue weighted by Crippen LogP contribution is -2.41. The summed E-state index contributed by atoms with van der Waals surface area (Å²) in [5.74, 6) is -0.602. The molecule has 1 aliphatic carbocycles. The van der Waals surface area contributed by atoms with Crippen LogP contribution in [0.5, 0.6) is 0 Å². The van der Waals surface area contributed by atoms with Crippen molar-refractivity contribution in [3.63, 3.8) is 0 Å². The summed E-state index contributed by atoms with van der Waals surface area (Å²) >= 11 is 0. The van der Waals surface area contributed by atoms with Crippen molar-refractivity contribution in [1.29, 1.82) is 0 Å². The van der Waals surface area contributed by atoms with Crippen molar-refractivity contribution in [2.24, 2.45) is 0 Å². The largest absolute Gasteiger partial charge is 0.375 e. The molecule has 4 rings (SSSR count). The van der Waals surface area contributed by atoms with Gasteiger partial charge in [-0.3, -0.25) is 9.59 Å². The fourth-order valence-electron chi connectivity index (χ4n) is 4.23. The number of Topliss-reactive ketones (excluding diaryl/α,β-unsaturated/α-hetero) is 1. The van der Waals surface area contributed by atoms with E-state index < -0.39 is 11.5 Å². The van der Waals surface area contributed by atoms with Crippen LogP contribution in [0.1, 0.15) is 53.2 Å². The van der Waals surface area contributed by atoms with Crippen molar-refractivity contribution < 1.29 is 14.7 Å². The Kier molecular flexibility index (Phi) is 4.16. The molecule has 2 aromatic carbocycles. The first-order valence-corrected chi connectivity index (χ1v) is 9.33. The van der Waals surface area contributed by atoms with Crippen molar-refractivity contribution in [1.82, 2.24) is 0 Å². The molecule has 0 aromatic heterocycles. The van der Waals surface area contributed by atoms with Crippen LogP contribution in [0.4, 0.5) is 5.69 Å². The van der Waals surface area contributed by atoms with Crippen LogP contribution in [-0.2, 0) is 23.2 Å². The average molecular weight is 349 g/mol. The normalized spacial score (nSPS) is 21.5. The zero-order valence-electron chi connectivity index (χ0n) is 15.0. The minimum atomic E-state index is -1.78. The molecule has 0 bridgehead atoms. The number of amides is 1. The maximum Gasteiger partial charge on any atom is 0.264 e. The van der Waals surface area contributed by atoms with Crippen molar-refractivity contribution in [2.75, 3.05) is 11.4 Å². The summed E-state index contributed by atoms with van der Waals surface area (Å²) < 4.78 is 0. The van der Waals surface area contributed by atoms with Crippen LogP contribution >= 0.6 is 0 Å². The second-order valence-corrected chi connectivity index (χ2v) is 7.22. The fraction of sp³-hybridized carbons (Fsp3) is 0.364. The van der Waals surface area contributed by atoms with Crippen LogP contribution in [0.15, 0.2) is 42.5 Å². The van der Waals surface area contributed by atoms with Gasteiger partial charge in [0.2, 0.25) is 0 Å². The molecule has 0 spiro atoms. The van der Waals surface area contributed by atoms with Gasteiger partial charge in [0.05, 0.1) is 12.1 Å². The number of likely N-dealkylation sites (N-methyl/N-ethyl adjacent to an activating group) is 1. The molecule has 1 aliphatic heterocycles. The molecular weight excluding hydrogens is 326 g/mol. The molecule has 1 amide bonds. The van der Waals surface area contributed by atoms with E-state index in [-0.39, 0.29) is 12.2 Å². The van der Waals surface area contributed by atoms with E-state index in [4.69, 9.17) is 0 Å². The highest BCUT2D eigenvalue weighted by Crippen LogP contribution is 2.42. The van der Waals surface area contributed by atoms with Gasteiger partial charge in [-0.15, -0.1) is 0 Å². The van der Waals surface area contributed by atoms with Gasteiger partial charge in [-0.2, -0.15) is 0 Å². The molecule has 26 heavy (non-hydrogen) atoms. The molecule has 1 N–H and O–H groups in total. The maximum absolute atomic E-state index is 12.9. The summed E-state index contributed by atoms with van der Waals surface area (Å²) in [5, 5.41) is 11.2. The van der Waals surface area contributed by atoms with Gasteiger partial charge >= 0.3 is 0 Å². The highest BCUT2D eigenvalue weighted by molar-refractivity contribution is 6.10. The molecule has 1 atom stereocenters. The number of aliphatic hydroxyl groups is 1. The van der Waals surface area contributed by atoms with Crippen LogP contribution in [0.25, 0.3) is 0 Å². The quantitative estimate of drug-likeness (QED) is 0.861. The van der Waals surface area contributed by atoms with Gasteiger partial charge in [-0.1, -0.05) is 30.3 Å². The third-order valence-electron chi connectivity index (χ3n) is 5.64. The van der Waals surface area contributed by atoms with Gasteiger partial charge in [0.15, 0.2) is 11.4 Å². The topological polar surface area (TPSA) is 57.6 Å². The zero-order valence-corrected chi connectivity index (χ0v) is 15.0. The first-order valence-electron chi connectivity index (χ1n) is 9.33. The molecule has 134 valence electrons. The van der Waals surface area contributed by atoms with Crippen molar-refractivity contribution in [3.05, 3.63) is 64.7 Å². The Hall–Kier alpha value is -2.46. The van der Waals surface area contributed by atoms with Crippen molar-refractivity contribution in [3.8, 4) is 0 Å². The van der Waals surface area contributed by atoms with Gasteiger partial charge in [-0.05, 0) is 55.9 Å². The first-order chi connectivity index (χ1) is 12.5. The molecule has 2 aliphatic rings. The number of ketones is 1. The standard InChI is InChI=1S/C22H23NO3/c1-2-23-19-10-6-5-9-18(19)22(26,21(23)25)14-20(24)17-12-11-15-7-3-4-8-16(15)13-17/h5-6,9-13,26H,2-4,7-8,14H2,1H3. The van der Waals surface area contributed by atoms with Gasteiger partial charge < -0.3 is 10.0 Å². The Bertz CT molecular complexity index is 889. The average Bonchev–Trinajstić information content (AvgIpc) is 2.88. The van der Waals surface area contributed by atoms with E-state index in [9.17, 15) is 14.7 Å². The van der Waals surface area contributed by atoms with Crippen LogP contribution in [0.3, 0.4) is 0 Å². The number of benzene rings is 2. The SMILES string of the molecule is CCN1C(=O)C(O)(CC(=O)c2ccc3c(c2)CCCC3)c2ccccc21. The summed E-state index contributed by atoms with van der Waals surface area (Å²) in [6.45, 7) is 2.33. The van der Waals surface area contributed by atoms with Gasteiger partial charge in [-0.25, -0.2) is 0 Å². The molecule has 0 saturated carbocycles. The zero-order chi connectivity index (χ0) is 18.3. The van der Waals surface area contributed by atoms with Gasteiger partial charge in [0.25, 0.3) is 5.91 Å². The lowest BCUT2D eigenvalue weighted by Gasteiger charge is -2.22. The summed E-state index contributed by atoms with van der Waals surface area (Å²) in [4.78, 5) is 27.3. The second-order valence-electron chi connectivity index (χ2n) is 7.22. The highest BCUT2D eigenvalue weighted by atomic mass is 16.3. The summed E-state index contributed by atoms with van der Waals surface area (Å²) in [7, 11) is 0. The number of rotatable bonds is 4. The molecular formula is C22H23NO3. The molecule has 4 heteroatoms. The summed E-state index contributed by atoms with van der Waals surface area (Å²) in [6, 6.07) is 13.0. The minimum absolute atomic E-state index is 0.193. The Morgan fingerprint density at radius 1 is 1.12 bits per heavy atom. The minimum Gasteiger partial charge on any atom is -0.375 e. The Balaban J connectivity index is 1.66. The van der Waals surface area contributed by atoms with Crippen LogP contribution < -0.4 is 4.90 Å². The van der Waals surface area contributed by atoms with Gasteiger partial charge in [0.1, 0.15) is 0 Å². The molecule has 1 unspecified atom stereocenters. The Labute approximate surface area is 153 Å². The monoisotopic (exact) mass is 349 g/mol. The fourth-order valence-corrected chi connectivity index (χ4v) is 4.23. The predicted molar refractivity (Wildman–Crippen MR) is 100 cm³/mol. The van der Waals surface area contributed by atoms with E-state index in [0.717, 1.165) is 19.3 Å². The molecule has 1 heterocycles. The van der Waals surface area contributed by atoms with E-state index in [2.05, 4.69) is 0 Å². The number of anilines is 1. The van der Waals surface area contributed by atoms with E-state index in [0.29, 0.717) is 23.4 Å². The molecule has 0 fully saturated rings. The number of nitrogens with zero attached hydrogens (tertiary/aromatic N) is 1. The predicted octanol–water partition coefficient (Wildman–Crippen LogP) is 3.39. The highest BCUT2D eigenvalue weighted by Gasteiger charge is 2.50. The smallest absolute Gasteiger partial charge is 0.264 e. The Morgan fingerprint density at radius 3 is 2.62 bits per heavy atom. The van der Waals surface area contributed by atoms with Crippen molar-refractivity contribution >= 4 is 17.4 Å². The number of fused-ring (bicyclic) bond motifs is 2. The number of carbonyl (C=O) groups excluding carboxylic acids is 2. The third-order valence-corrected chi connectivity index (χ3v) is 5.64. The number of para-hydroxylation sites is 1. The summed E-state index contributed by atoms with van der Waals surface area (Å²) in [5.41, 5.74) is 2.56. The number of hydrogen-bond donors (Lipinski definition) is 1. The molecule has 4 nitrogen and oxygen atoms in total. The second kappa shape index (κ2) is 6.36. The van der Waals surface area contributed by atoms with E-state index in [1.165, 1.54) is 17.5 Å². The van der Waals surface area contributed by atoms with E-state index in [1.54, 1.807) is 17.0 Å². The maximum atomic E-state index is 12.9. The Morgan fingerprint density at radius 2 is 1.85 bits per heavy atom. The number of carbonyl (C=O) groups is 2. The lowest BCUT2D eigenvalue weighted by molar-refractivity contribution is -0.135. The van der Waals surface area contributed by atoms with Crippen molar-refractivity contribution in [2.45, 2.75) is 44.6 Å². The number of hydrogen-bond acceptors (Lipinski definition) is 3. The van der Waals surface area contributed by atoms with Crippen LogP contribution in [0.2, 0.25) is 0 Å².